The second-order valence-electron chi connectivity index (χ2n) is 14.5. The molecule has 2 aromatic carbocycles. The molecule has 7 amide bonds. The van der Waals surface area contributed by atoms with Crippen molar-refractivity contribution in [2.45, 2.75) is 18.9 Å². The number of hydrogen-bond donors (Lipinski definition) is 4. The fourth-order valence-corrected chi connectivity index (χ4v) is 7.67. The lowest BCUT2D eigenvalue weighted by atomic mass is 10.0. The zero-order valence-electron chi connectivity index (χ0n) is 33.8. The van der Waals surface area contributed by atoms with E-state index >= 15 is 0 Å². The molecule has 1 unspecified atom stereocenters. The van der Waals surface area contributed by atoms with Crippen LogP contribution in [0.15, 0.2) is 66.2 Å². The number of imide groups is 2. The van der Waals surface area contributed by atoms with E-state index in [0.717, 1.165) is 4.90 Å². The Labute approximate surface area is 360 Å². The van der Waals surface area contributed by atoms with Crippen molar-refractivity contribution in [3.8, 4) is 17.1 Å². The molecule has 1 atom stereocenters. The molecule has 0 radical (unpaired) electrons. The van der Waals surface area contributed by atoms with E-state index in [0.29, 0.717) is 54.9 Å². The summed E-state index contributed by atoms with van der Waals surface area (Å²) in [5.74, 6) is -3.31. The molecule has 0 saturated carbocycles. The van der Waals surface area contributed by atoms with Gasteiger partial charge >= 0.3 is 0 Å². The first-order chi connectivity index (χ1) is 30.0. The number of carbonyl (C=O) groups is 7. The van der Waals surface area contributed by atoms with Gasteiger partial charge in [-0.25, -0.2) is 4.98 Å². The topological polar surface area (TPSA) is 231 Å². The molecular weight excluding hydrogens is 823 g/mol. The predicted molar refractivity (Wildman–Crippen MR) is 225 cm³/mol. The van der Waals surface area contributed by atoms with Crippen molar-refractivity contribution in [1.82, 2.24) is 35.3 Å². The van der Waals surface area contributed by atoms with Gasteiger partial charge in [0.2, 0.25) is 11.8 Å². The molecule has 19 nitrogen and oxygen atoms in total. The van der Waals surface area contributed by atoms with Crippen LogP contribution in [0.4, 0.5) is 10.8 Å². The molecule has 324 valence electrons. The molecular formula is C42H45N9O10S. The number of rotatable bonds is 18. The summed E-state index contributed by atoms with van der Waals surface area (Å²) < 4.78 is 17.0. The monoisotopic (exact) mass is 867 g/mol. The van der Waals surface area contributed by atoms with E-state index in [9.17, 15) is 33.6 Å². The highest BCUT2D eigenvalue weighted by Crippen LogP contribution is 2.32. The highest BCUT2D eigenvalue weighted by molar-refractivity contribution is 7.14. The summed E-state index contributed by atoms with van der Waals surface area (Å²) >= 11 is 1.24. The van der Waals surface area contributed by atoms with Crippen molar-refractivity contribution in [1.29, 1.82) is 0 Å². The summed E-state index contributed by atoms with van der Waals surface area (Å²) in [5, 5.41) is 12.9. The second-order valence-corrected chi connectivity index (χ2v) is 15.4. The molecule has 2 aromatic heterocycles. The van der Waals surface area contributed by atoms with Crippen molar-refractivity contribution < 1.29 is 47.8 Å². The van der Waals surface area contributed by atoms with Crippen LogP contribution in [0.1, 0.15) is 54.3 Å². The number of fused-ring (bicyclic) bond motifs is 1. The van der Waals surface area contributed by atoms with E-state index in [4.69, 9.17) is 14.2 Å². The lowest BCUT2D eigenvalue weighted by Gasteiger charge is -2.32. The molecule has 0 aliphatic carbocycles. The first-order valence-corrected chi connectivity index (χ1v) is 20.9. The standard InChI is InChI=1S/C42H45N9O10S/c1-49-13-15-50(16-14-49)39(56)27-21-26(37(54)48-42-46-32(25-62-42)30-6-2-3-10-43-30)22-28(23-27)61-24-35(53)45-12-18-60-20-19-59-17-11-44-31-7-4-5-29-36(31)41(58)51(40(29)57)33-8-9-34(52)47-38(33)55/h2-7,10,21-23,25,33,44H,8-9,11-20,24H2,1H3,(H,45,53)(H,46,48,54)(H,47,52,55). The van der Waals surface area contributed by atoms with Gasteiger partial charge in [-0.2, -0.15) is 0 Å². The highest BCUT2D eigenvalue weighted by Gasteiger charge is 2.45. The summed E-state index contributed by atoms with van der Waals surface area (Å²) in [7, 11) is 1.99. The number of piperazine rings is 1. The molecule has 2 saturated heterocycles. The summed E-state index contributed by atoms with van der Waals surface area (Å²) in [6.45, 7) is 3.57. The Morgan fingerprint density at radius 3 is 2.40 bits per heavy atom. The normalized spacial score (nSPS) is 16.5. The molecule has 3 aliphatic rings. The number of amides is 7. The molecule has 7 rings (SSSR count). The van der Waals surface area contributed by atoms with Crippen LogP contribution in [0.25, 0.3) is 11.4 Å². The van der Waals surface area contributed by atoms with Crippen molar-refractivity contribution in [2.75, 3.05) is 90.0 Å². The fourth-order valence-electron chi connectivity index (χ4n) is 6.97. The molecule has 4 N–H and O–H groups in total. The summed E-state index contributed by atoms with van der Waals surface area (Å²) in [4.78, 5) is 103. The maximum atomic E-state index is 13.5. The third kappa shape index (κ3) is 10.6. The van der Waals surface area contributed by atoms with Gasteiger partial charge < -0.3 is 34.6 Å². The van der Waals surface area contributed by atoms with Gasteiger partial charge in [0.1, 0.15) is 17.5 Å². The Hall–Kier alpha value is -6.61. The average molecular weight is 868 g/mol. The van der Waals surface area contributed by atoms with Gasteiger partial charge in [0.25, 0.3) is 29.5 Å². The third-order valence-electron chi connectivity index (χ3n) is 10.2. The van der Waals surface area contributed by atoms with Gasteiger partial charge in [0.05, 0.1) is 43.2 Å². The first-order valence-electron chi connectivity index (χ1n) is 20.0. The molecule has 0 spiro atoms. The van der Waals surface area contributed by atoms with Crippen LogP contribution in [-0.2, 0) is 23.9 Å². The number of anilines is 2. The zero-order valence-corrected chi connectivity index (χ0v) is 34.7. The Bertz CT molecular complexity index is 2330. The lowest BCUT2D eigenvalue weighted by Crippen LogP contribution is -2.54. The Morgan fingerprint density at radius 2 is 1.65 bits per heavy atom. The molecule has 20 heteroatoms. The van der Waals surface area contributed by atoms with E-state index in [2.05, 4.69) is 36.1 Å². The van der Waals surface area contributed by atoms with E-state index < -0.39 is 41.5 Å². The summed E-state index contributed by atoms with van der Waals surface area (Å²) in [5.41, 5.74) is 2.46. The number of thiazole rings is 1. The molecule has 2 fully saturated rings. The minimum Gasteiger partial charge on any atom is -0.484 e. The minimum atomic E-state index is -1.05. The molecule has 0 bridgehead atoms. The number of nitrogens with one attached hydrogen (secondary N) is 4. The predicted octanol–water partition coefficient (Wildman–Crippen LogP) is 1.89. The summed E-state index contributed by atoms with van der Waals surface area (Å²) in [6, 6.07) is 13.7. The zero-order chi connectivity index (χ0) is 43.6. The maximum absolute atomic E-state index is 13.5. The number of pyridine rings is 1. The fraction of sp³-hybridized carbons (Fsp3) is 0.357. The van der Waals surface area contributed by atoms with Gasteiger partial charge in [0.15, 0.2) is 11.7 Å². The number of aromatic nitrogens is 2. The Morgan fingerprint density at radius 1 is 0.871 bits per heavy atom. The Balaban J connectivity index is 0.829. The number of hydrogen-bond acceptors (Lipinski definition) is 15. The lowest BCUT2D eigenvalue weighted by molar-refractivity contribution is -0.136. The molecule has 62 heavy (non-hydrogen) atoms. The van der Waals surface area contributed by atoms with Crippen LogP contribution in [0.5, 0.6) is 5.75 Å². The van der Waals surface area contributed by atoms with Crippen LogP contribution >= 0.6 is 11.3 Å². The number of piperidine rings is 1. The van der Waals surface area contributed by atoms with E-state index in [1.807, 2.05) is 19.2 Å². The van der Waals surface area contributed by atoms with E-state index in [1.165, 1.54) is 35.6 Å². The number of carbonyl (C=O) groups excluding carboxylic acids is 7. The second kappa shape index (κ2) is 20.3. The van der Waals surface area contributed by atoms with Crippen LogP contribution in [0.3, 0.4) is 0 Å². The number of likely N-dealkylation sites (N-methyl/N-ethyl adjacent to an activating group) is 1. The first kappa shape index (κ1) is 43.5. The van der Waals surface area contributed by atoms with Gasteiger partial charge in [-0.3, -0.25) is 54.1 Å². The smallest absolute Gasteiger partial charge is 0.264 e. The van der Waals surface area contributed by atoms with Crippen LogP contribution in [0, 0.1) is 0 Å². The average Bonchev–Trinajstić information content (AvgIpc) is 3.85. The molecule has 4 aromatic rings. The highest BCUT2D eigenvalue weighted by atomic mass is 32.1. The number of ether oxygens (including phenoxy) is 3. The van der Waals surface area contributed by atoms with Gasteiger partial charge in [-0.1, -0.05) is 12.1 Å². The maximum Gasteiger partial charge on any atom is 0.264 e. The van der Waals surface area contributed by atoms with Gasteiger partial charge in [-0.15, -0.1) is 11.3 Å². The van der Waals surface area contributed by atoms with E-state index in [-0.39, 0.29) is 86.3 Å². The minimum absolute atomic E-state index is 0.0357. The largest absolute Gasteiger partial charge is 0.484 e. The van der Waals surface area contributed by atoms with Crippen LogP contribution in [-0.4, -0.2) is 151 Å². The quantitative estimate of drug-likeness (QED) is 0.0827. The molecule has 5 heterocycles. The molecule has 3 aliphatic heterocycles. The number of nitrogens with zero attached hydrogens (tertiary/aromatic N) is 5. The third-order valence-corrected chi connectivity index (χ3v) is 11.0. The van der Waals surface area contributed by atoms with Crippen LogP contribution in [0.2, 0.25) is 0 Å². The van der Waals surface area contributed by atoms with Crippen LogP contribution < -0.4 is 26.0 Å². The van der Waals surface area contributed by atoms with Gasteiger partial charge in [0, 0.05) is 74.1 Å². The number of benzene rings is 2. The van der Waals surface area contributed by atoms with Crippen molar-refractivity contribution in [2.24, 2.45) is 0 Å². The summed E-state index contributed by atoms with van der Waals surface area (Å²) in [6.07, 6.45) is 1.76. The van der Waals surface area contributed by atoms with Gasteiger partial charge in [-0.05, 0) is 55.9 Å². The van der Waals surface area contributed by atoms with Crippen molar-refractivity contribution >= 4 is 63.5 Å². The SMILES string of the molecule is CN1CCN(C(=O)c2cc(OCC(=O)NCCOCCOCCNc3cccc4c3C(=O)N(C3CCC(=O)NC3=O)C4=O)cc(C(=O)Nc3nc(-c4ccccn4)cs3)c2)CC1. The van der Waals surface area contributed by atoms with Crippen molar-refractivity contribution in [3.63, 3.8) is 0 Å². The van der Waals surface area contributed by atoms with Crippen molar-refractivity contribution in [3.05, 3.63) is 88.4 Å². The Kier molecular flexibility index (Phi) is 14.2. The van der Waals surface area contributed by atoms with E-state index in [1.54, 1.807) is 34.7 Å².